The molecule has 1 aliphatic heterocycles. The molecule has 0 aromatic rings. The topological polar surface area (TPSA) is 29.1 Å². The van der Waals surface area contributed by atoms with Crippen LogP contribution in [-0.4, -0.2) is 18.4 Å². The molecule has 1 saturated heterocycles. The summed E-state index contributed by atoms with van der Waals surface area (Å²) in [6.45, 7) is 7.41. The van der Waals surface area contributed by atoms with E-state index in [1.54, 1.807) is 0 Å². The minimum atomic E-state index is 0.155. The summed E-state index contributed by atoms with van der Waals surface area (Å²) in [5.74, 6) is 1.77. The van der Waals surface area contributed by atoms with Crippen LogP contribution in [0.3, 0.4) is 0 Å². The Balaban J connectivity index is 2.40. The summed E-state index contributed by atoms with van der Waals surface area (Å²) in [6, 6.07) is 0.155. The Hall–Kier alpha value is -0.370. The SMILES string of the molecule is CCC(=O)C1CC(C(C)C)CN1. The van der Waals surface area contributed by atoms with Crippen LogP contribution in [0.1, 0.15) is 33.6 Å². The van der Waals surface area contributed by atoms with Gasteiger partial charge in [0.2, 0.25) is 0 Å². The molecule has 0 aliphatic carbocycles. The van der Waals surface area contributed by atoms with Crippen LogP contribution in [-0.2, 0) is 4.79 Å². The lowest BCUT2D eigenvalue weighted by Crippen LogP contribution is -2.29. The van der Waals surface area contributed by atoms with Gasteiger partial charge in [-0.2, -0.15) is 0 Å². The third kappa shape index (κ3) is 2.07. The summed E-state index contributed by atoms with van der Waals surface area (Å²) < 4.78 is 0. The van der Waals surface area contributed by atoms with Gasteiger partial charge in [-0.3, -0.25) is 4.79 Å². The Morgan fingerprint density at radius 2 is 2.25 bits per heavy atom. The van der Waals surface area contributed by atoms with E-state index in [0.29, 0.717) is 24.0 Å². The first-order valence-electron chi connectivity index (χ1n) is 4.91. The van der Waals surface area contributed by atoms with E-state index in [1.807, 2.05) is 6.92 Å². The molecule has 0 saturated carbocycles. The van der Waals surface area contributed by atoms with Crippen molar-refractivity contribution in [3.8, 4) is 0 Å². The molecule has 1 fully saturated rings. The zero-order valence-electron chi connectivity index (χ0n) is 8.26. The van der Waals surface area contributed by atoms with E-state index < -0.39 is 0 Å². The van der Waals surface area contributed by atoms with Gasteiger partial charge in [0, 0.05) is 6.42 Å². The molecule has 0 spiro atoms. The molecule has 1 rings (SSSR count). The molecule has 1 heterocycles. The van der Waals surface area contributed by atoms with Crippen LogP contribution in [0.15, 0.2) is 0 Å². The van der Waals surface area contributed by atoms with E-state index in [9.17, 15) is 4.79 Å². The average Bonchev–Trinajstić information content (AvgIpc) is 2.51. The van der Waals surface area contributed by atoms with Gasteiger partial charge in [0.1, 0.15) is 5.78 Å². The van der Waals surface area contributed by atoms with Crippen LogP contribution in [0, 0.1) is 11.8 Å². The number of rotatable bonds is 3. The largest absolute Gasteiger partial charge is 0.307 e. The molecule has 2 unspecified atom stereocenters. The van der Waals surface area contributed by atoms with Gasteiger partial charge in [-0.05, 0) is 24.8 Å². The first-order chi connectivity index (χ1) is 5.65. The quantitative estimate of drug-likeness (QED) is 0.695. The fourth-order valence-corrected chi connectivity index (χ4v) is 1.76. The Morgan fingerprint density at radius 1 is 1.58 bits per heavy atom. The van der Waals surface area contributed by atoms with Crippen LogP contribution < -0.4 is 5.32 Å². The summed E-state index contributed by atoms with van der Waals surface area (Å²) >= 11 is 0. The van der Waals surface area contributed by atoms with Gasteiger partial charge in [0.15, 0.2) is 0 Å². The zero-order chi connectivity index (χ0) is 9.14. The highest BCUT2D eigenvalue weighted by Gasteiger charge is 2.29. The average molecular weight is 169 g/mol. The summed E-state index contributed by atoms with van der Waals surface area (Å²) in [5.41, 5.74) is 0. The van der Waals surface area contributed by atoms with Crippen LogP contribution in [0.4, 0.5) is 0 Å². The van der Waals surface area contributed by atoms with Crippen LogP contribution in [0.5, 0.6) is 0 Å². The fourth-order valence-electron chi connectivity index (χ4n) is 1.76. The molecule has 1 N–H and O–H groups in total. The van der Waals surface area contributed by atoms with Crippen molar-refractivity contribution in [2.24, 2.45) is 11.8 Å². The Labute approximate surface area is 74.7 Å². The second kappa shape index (κ2) is 4.04. The first kappa shape index (κ1) is 9.72. The van der Waals surface area contributed by atoms with Gasteiger partial charge in [0.25, 0.3) is 0 Å². The number of nitrogens with one attached hydrogen (secondary N) is 1. The van der Waals surface area contributed by atoms with Crippen molar-refractivity contribution in [3.05, 3.63) is 0 Å². The maximum Gasteiger partial charge on any atom is 0.149 e. The van der Waals surface area contributed by atoms with Gasteiger partial charge < -0.3 is 5.32 Å². The van der Waals surface area contributed by atoms with Gasteiger partial charge in [-0.25, -0.2) is 0 Å². The van der Waals surface area contributed by atoms with Crippen LogP contribution in [0.25, 0.3) is 0 Å². The summed E-state index contributed by atoms with van der Waals surface area (Å²) in [5, 5.41) is 3.29. The second-order valence-corrected chi connectivity index (χ2v) is 4.02. The Bertz CT molecular complexity index is 165. The van der Waals surface area contributed by atoms with Crippen molar-refractivity contribution in [1.82, 2.24) is 5.32 Å². The highest BCUT2D eigenvalue weighted by Crippen LogP contribution is 2.22. The highest BCUT2D eigenvalue weighted by molar-refractivity contribution is 5.84. The van der Waals surface area contributed by atoms with Gasteiger partial charge >= 0.3 is 0 Å². The van der Waals surface area contributed by atoms with E-state index in [-0.39, 0.29) is 6.04 Å². The number of carbonyl (C=O) groups excluding carboxylic acids is 1. The van der Waals surface area contributed by atoms with Crippen molar-refractivity contribution in [1.29, 1.82) is 0 Å². The number of hydrogen-bond donors (Lipinski definition) is 1. The van der Waals surface area contributed by atoms with E-state index >= 15 is 0 Å². The summed E-state index contributed by atoms with van der Waals surface area (Å²) in [6.07, 6.45) is 1.72. The maximum absolute atomic E-state index is 11.3. The Kier molecular flexibility index (Phi) is 3.27. The van der Waals surface area contributed by atoms with Gasteiger partial charge in [-0.1, -0.05) is 20.8 Å². The van der Waals surface area contributed by atoms with Crippen molar-refractivity contribution in [2.45, 2.75) is 39.7 Å². The molecule has 0 aromatic heterocycles. The Morgan fingerprint density at radius 3 is 2.67 bits per heavy atom. The predicted octanol–water partition coefficient (Wildman–Crippen LogP) is 1.60. The molecule has 2 heteroatoms. The van der Waals surface area contributed by atoms with Crippen molar-refractivity contribution < 1.29 is 4.79 Å². The van der Waals surface area contributed by atoms with Crippen LogP contribution >= 0.6 is 0 Å². The zero-order valence-corrected chi connectivity index (χ0v) is 8.26. The van der Waals surface area contributed by atoms with Gasteiger partial charge in [-0.15, -0.1) is 0 Å². The molecule has 0 bridgehead atoms. The molecule has 2 atom stereocenters. The van der Waals surface area contributed by atoms with E-state index in [2.05, 4.69) is 19.2 Å². The molecular weight excluding hydrogens is 150 g/mol. The lowest BCUT2D eigenvalue weighted by Gasteiger charge is -2.12. The van der Waals surface area contributed by atoms with Crippen molar-refractivity contribution >= 4 is 5.78 Å². The maximum atomic E-state index is 11.3. The molecule has 2 nitrogen and oxygen atoms in total. The number of carbonyl (C=O) groups is 1. The molecule has 70 valence electrons. The van der Waals surface area contributed by atoms with E-state index in [1.165, 1.54) is 0 Å². The third-order valence-electron chi connectivity index (χ3n) is 2.84. The molecular formula is C10H19NO. The minimum Gasteiger partial charge on any atom is -0.307 e. The number of Topliss-reactive ketones (excluding diaryl/α,β-unsaturated/α-hetero) is 1. The molecule has 0 amide bonds. The molecule has 1 aliphatic rings. The fraction of sp³-hybridized carbons (Fsp3) is 0.900. The monoisotopic (exact) mass is 169 g/mol. The number of ketones is 1. The first-order valence-corrected chi connectivity index (χ1v) is 4.91. The second-order valence-electron chi connectivity index (χ2n) is 4.02. The predicted molar refractivity (Wildman–Crippen MR) is 50.0 cm³/mol. The standard InChI is InChI=1S/C10H19NO/c1-4-10(12)9-5-8(6-11-9)7(2)3/h7-9,11H,4-6H2,1-3H3. The lowest BCUT2D eigenvalue weighted by molar-refractivity contribution is -0.120. The third-order valence-corrected chi connectivity index (χ3v) is 2.84. The molecule has 0 aromatic carbocycles. The highest BCUT2D eigenvalue weighted by atomic mass is 16.1. The summed E-state index contributed by atoms with van der Waals surface area (Å²) in [7, 11) is 0. The van der Waals surface area contributed by atoms with E-state index in [0.717, 1.165) is 13.0 Å². The van der Waals surface area contributed by atoms with Crippen molar-refractivity contribution in [3.63, 3.8) is 0 Å². The molecule has 12 heavy (non-hydrogen) atoms. The smallest absolute Gasteiger partial charge is 0.149 e. The number of hydrogen-bond acceptors (Lipinski definition) is 2. The van der Waals surface area contributed by atoms with Crippen molar-refractivity contribution in [2.75, 3.05) is 6.54 Å². The normalized spacial score (nSPS) is 29.7. The van der Waals surface area contributed by atoms with Gasteiger partial charge in [0.05, 0.1) is 6.04 Å². The lowest BCUT2D eigenvalue weighted by atomic mass is 9.92. The molecule has 0 radical (unpaired) electrons. The minimum absolute atomic E-state index is 0.155. The van der Waals surface area contributed by atoms with Crippen LogP contribution in [0.2, 0.25) is 0 Å². The van der Waals surface area contributed by atoms with E-state index in [4.69, 9.17) is 0 Å². The summed E-state index contributed by atoms with van der Waals surface area (Å²) in [4.78, 5) is 11.3.